The zero-order valence-corrected chi connectivity index (χ0v) is 17.6. The fraction of sp³-hybridized carbons (Fsp3) is 0.154. The smallest absolute Gasteiger partial charge is 0.300 e. The van der Waals surface area contributed by atoms with Crippen LogP contribution in [0.4, 0.5) is 5.69 Å². The number of rotatable bonds is 4. The number of benzene rings is 3. The number of amides is 1. The molecular weight excluding hydrogens is 390 g/mol. The number of anilines is 1. The minimum Gasteiger partial charge on any atom is -0.507 e. The van der Waals surface area contributed by atoms with E-state index in [1.807, 2.05) is 56.3 Å². The molecule has 1 aliphatic heterocycles. The number of carbonyl (C=O) groups excluding carboxylic acids is 2. The Labute approximate surface area is 181 Å². The number of Topliss-reactive ketones (excluding diaryl/α,β-unsaturated/α-hetero) is 1. The minimum absolute atomic E-state index is 0.0750. The topological polar surface area (TPSA) is 66.8 Å². The number of ketones is 1. The molecule has 1 heterocycles. The number of hydrogen-bond acceptors (Lipinski definition) is 4. The summed E-state index contributed by atoms with van der Waals surface area (Å²) in [7, 11) is 1.56. The van der Waals surface area contributed by atoms with Crippen molar-refractivity contribution in [3.8, 4) is 5.75 Å². The molecule has 0 saturated carbocycles. The number of aliphatic hydroxyl groups excluding tert-OH is 1. The lowest BCUT2D eigenvalue weighted by Gasteiger charge is -2.27. The molecule has 1 amide bonds. The largest absolute Gasteiger partial charge is 0.507 e. The third-order valence-electron chi connectivity index (χ3n) is 5.57. The van der Waals surface area contributed by atoms with E-state index in [0.717, 1.165) is 16.7 Å². The normalized spacial score (nSPS) is 17.8. The van der Waals surface area contributed by atoms with Crippen molar-refractivity contribution in [3.05, 3.63) is 101 Å². The quantitative estimate of drug-likeness (QED) is 0.374. The molecule has 1 saturated heterocycles. The number of methoxy groups -OCH3 is 1. The third-order valence-corrected chi connectivity index (χ3v) is 5.57. The Morgan fingerprint density at radius 2 is 1.65 bits per heavy atom. The highest BCUT2D eigenvalue weighted by Gasteiger charge is 2.47. The predicted octanol–water partition coefficient (Wildman–Crippen LogP) is 4.94. The molecule has 5 heteroatoms. The third kappa shape index (κ3) is 3.59. The average molecular weight is 413 g/mol. The molecular formula is C26H23NO4. The summed E-state index contributed by atoms with van der Waals surface area (Å²) in [5, 5.41) is 11.2. The summed E-state index contributed by atoms with van der Waals surface area (Å²) >= 11 is 0. The van der Waals surface area contributed by atoms with Crippen molar-refractivity contribution in [1.82, 2.24) is 0 Å². The first-order valence-corrected chi connectivity index (χ1v) is 10.00. The maximum atomic E-state index is 13.2. The highest BCUT2D eigenvalue weighted by molar-refractivity contribution is 6.51. The van der Waals surface area contributed by atoms with E-state index in [9.17, 15) is 14.7 Å². The first-order chi connectivity index (χ1) is 14.9. The van der Waals surface area contributed by atoms with Crippen molar-refractivity contribution in [3.63, 3.8) is 0 Å². The Hall–Kier alpha value is -3.86. The summed E-state index contributed by atoms with van der Waals surface area (Å²) in [6, 6.07) is 21.0. The molecule has 1 N–H and O–H groups in total. The van der Waals surface area contributed by atoms with Crippen LogP contribution in [0.15, 0.2) is 78.4 Å². The Kier molecular flexibility index (Phi) is 5.34. The van der Waals surface area contributed by atoms with Gasteiger partial charge in [0.1, 0.15) is 11.5 Å². The standard InChI is InChI=1S/C26H23NO4/c1-16-7-6-9-19(15-16)27-23(21-10-5-4-8-17(21)2)22(25(29)26(27)30)24(28)18-11-13-20(31-3)14-12-18/h4-15,23,28H,1-3H3/b24-22+. The molecule has 3 aromatic carbocycles. The van der Waals surface area contributed by atoms with E-state index in [2.05, 4.69) is 0 Å². The molecule has 0 aromatic heterocycles. The summed E-state index contributed by atoms with van der Waals surface area (Å²) in [5.41, 5.74) is 3.82. The first-order valence-electron chi connectivity index (χ1n) is 10.00. The van der Waals surface area contributed by atoms with Gasteiger partial charge in [0.05, 0.1) is 18.7 Å². The molecule has 156 valence electrons. The summed E-state index contributed by atoms with van der Waals surface area (Å²) in [6.45, 7) is 3.86. The zero-order chi connectivity index (χ0) is 22.1. The Bertz CT molecular complexity index is 1190. The summed E-state index contributed by atoms with van der Waals surface area (Å²) in [4.78, 5) is 27.8. The van der Waals surface area contributed by atoms with Crippen molar-refractivity contribution in [1.29, 1.82) is 0 Å². The van der Waals surface area contributed by atoms with E-state index in [0.29, 0.717) is 17.0 Å². The lowest BCUT2D eigenvalue weighted by molar-refractivity contribution is -0.132. The SMILES string of the molecule is COc1ccc(/C(O)=C2\C(=O)C(=O)N(c3cccc(C)c3)C2c2ccccc2C)cc1. The first kappa shape index (κ1) is 20.4. The summed E-state index contributed by atoms with van der Waals surface area (Å²) in [6.07, 6.45) is 0. The van der Waals surface area contributed by atoms with Crippen LogP contribution < -0.4 is 9.64 Å². The van der Waals surface area contributed by atoms with Gasteiger partial charge in [-0.15, -0.1) is 0 Å². The van der Waals surface area contributed by atoms with Crippen LogP contribution in [0.3, 0.4) is 0 Å². The van der Waals surface area contributed by atoms with Gasteiger partial charge in [0.15, 0.2) is 0 Å². The van der Waals surface area contributed by atoms with E-state index in [1.165, 1.54) is 4.90 Å². The van der Waals surface area contributed by atoms with Crippen LogP contribution in [-0.4, -0.2) is 23.9 Å². The number of hydrogen-bond donors (Lipinski definition) is 1. The van der Waals surface area contributed by atoms with E-state index in [-0.39, 0.29) is 11.3 Å². The number of nitrogens with zero attached hydrogens (tertiary/aromatic N) is 1. The van der Waals surface area contributed by atoms with Gasteiger partial charge in [-0.2, -0.15) is 0 Å². The summed E-state index contributed by atoms with van der Waals surface area (Å²) < 4.78 is 5.18. The number of carbonyl (C=O) groups is 2. The monoisotopic (exact) mass is 413 g/mol. The number of aryl methyl sites for hydroxylation is 2. The molecule has 31 heavy (non-hydrogen) atoms. The van der Waals surface area contributed by atoms with Crippen molar-refractivity contribution < 1.29 is 19.4 Å². The lowest BCUT2D eigenvalue weighted by atomic mass is 9.92. The van der Waals surface area contributed by atoms with Gasteiger partial charge in [-0.05, 0) is 66.9 Å². The molecule has 0 spiro atoms. The van der Waals surface area contributed by atoms with Crippen molar-refractivity contribution in [2.75, 3.05) is 12.0 Å². The Morgan fingerprint density at radius 1 is 0.935 bits per heavy atom. The molecule has 1 aliphatic rings. The fourth-order valence-corrected chi connectivity index (χ4v) is 3.97. The second-order valence-electron chi connectivity index (χ2n) is 7.59. The van der Waals surface area contributed by atoms with Gasteiger partial charge >= 0.3 is 0 Å². The molecule has 0 bridgehead atoms. The van der Waals surface area contributed by atoms with Gasteiger partial charge in [-0.25, -0.2) is 0 Å². The van der Waals surface area contributed by atoms with Crippen molar-refractivity contribution in [2.24, 2.45) is 0 Å². The van der Waals surface area contributed by atoms with Crippen LogP contribution in [0.2, 0.25) is 0 Å². The molecule has 1 atom stereocenters. The van der Waals surface area contributed by atoms with Gasteiger partial charge < -0.3 is 9.84 Å². The van der Waals surface area contributed by atoms with Crippen LogP contribution in [0.1, 0.15) is 28.3 Å². The van der Waals surface area contributed by atoms with Crippen LogP contribution in [-0.2, 0) is 9.59 Å². The Morgan fingerprint density at radius 3 is 2.29 bits per heavy atom. The molecule has 1 unspecified atom stereocenters. The molecule has 1 fully saturated rings. The van der Waals surface area contributed by atoms with E-state index >= 15 is 0 Å². The second kappa shape index (κ2) is 8.11. The summed E-state index contributed by atoms with van der Waals surface area (Å²) in [5.74, 6) is -0.936. The van der Waals surface area contributed by atoms with Gasteiger partial charge in [-0.1, -0.05) is 36.4 Å². The predicted molar refractivity (Wildman–Crippen MR) is 120 cm³/mol. The second-order valence-corrected chi connectivity index (χ2v) is 7.59. The van der Waals surface area contributed by atoms with E-state index in [1.54, 1.807) is 37.4 Å². The lowest BCUT2D eigenvalue weighted by Crippen LogP contribution is -2.29. The van der Waals surface area contributed by atoms with E-state index < -0.39 is 17.7 Å². The van der Waals surface area contributed by atoms with Crippen molar-refractivity contribution >= 4 is 23.1 Å². The Balaban J connectivity index is 1.95. The van der Waals surface area contributed by atoms with Crippen LogP contribution in [0.25, 0.3) is 5.76 Å². The highest BCUT2D eigenvalue weighted by atomic mass is 16.5. The molecule has 0 radical (unpaired) electrons. The maximum Gasteiger partial charge on any atom is 0.300 e. The van der Waals surface area contributed by atoms with Crippen LogP contribution in [0, 0.1) is 13.8 Å². The van der Waals surface area contributed by atoms with Gasteiger partial charge in [-0.3, -0.25) is 14.5 Å². The van der Waals surface area contributed by atoms with Gasteiger partial charge in [0.2, 0.25) is 0 Å². The highest BCUT2D eigenvalue weighted by Crippen LogP contribution is 2.43. The molecule has 3 aromatic rings. The molecule has 5 nitrogen and oxygen atoms in total. The van der Waals surface area contributed by atoms with Crippen LogP contribution in [0.5, 0.6) is 5.75 Å². The zero-order valence-electron chi connectivity index (χ0n) is 17.6. The fourth-order valence-electron chi connectivity index (χ4n) is 3.97. The molecule has 4 rings (SSSR count). The van der Waals surface area contributed by atoms with Crippen molar-refractivity contribution in [2.45, 2.75) is 19.9 Å². The van der Waals surface area contributed by atoms with Crippen LogP contribution >= 0.6 is 0 Å². The van der Waals surface area contributed by atoms with E-state index in [4.69, 9.17) is 4.74 Å². The minimum atomic E-state index is -0.731. The maximum absolute atomic E-state index is 13.2. The number of aliphatic hydroxyl groups is 1. The van der Waals surface area contributed by atoms with Gasteiger partial charge in [0.25, 0.3) is 11.7 Å². The average Bonchev–Trinajstić information content (AvgIpc) is 3.04. The number of ether oxygens (including phenoxy) is 1. The van der Waals surface area contributed by atoms with Gasteiger partial charge in [0, 0.05) is 11.3 Å². The molecule has 0 aliphatic carbocycles.